The van der Waals surface area contributed by atoms with Crippen molar-refractivity contribution in [2.24, 2.45) is 0 Å². The molecule has 0 aliphatic rings. The third-order valence-electron chi connectivity index (χ3n) is 3.68. The highest BCUT2D eigenvalue weighted by atomic mass is 32.2. The molecule has 0 bridgehead atoms. The van der Waals surface area contributed by atoms with Crippen LogP contribution in [0.1, 0.15) is 28.3 Å². The highest BCUT2D eigenvalue weighted by Gasteiger charge is 2.16. The molecule has 1 N–H and O–H groups in total. The van der Waals surface area contributed by atoms with E-state index in [0.29, 0.717) is 4.90 Å². The van der Waals surface area contributed by atoms with Crippen molar-refractivity contribution in [3.8, 4) is 0 Å². The van der Waals surface area contributed by atoms with Crippen LogP contribution in [0.15, 0.2) is 41.3 Å². The lowest BCUT2D eigenvalue weighted by molar-refractivity contribution is 0.600. The maximum atomic E-state index is 13.7. The molecule has 0 radical (unpaired) electrons. The second-order valence-corrected chi connectivity index (χ2v) is 6.46. The van der Waals surface area contributed by atoms with Crippen LogP contribution < -0.4 is 5.32 Å². The summed E-state index contributed by atoms with van der Waals surface area (Å²) in [6.07, 6.45) is 0. The van der Waals surface area contributed by atoms with E-state index in [2.05, 4.69) is 38.2 Å². The summed E-state index contributed by atoms with van der Waals surface area (Å²) >= 11 is 1.56. The lowest BCUT2D eigenvalue weighted by Gasteiger charge is -2.21. The lowest BCUT2D eigenvalue weighted by atomic mass is 9.95. The van der Waals surface area contributed by atoms with E-state index in [-0.39, 0.29) is 11.9 Å². The number of halogens is 1. The van der Waals surface area contributed by atoms with Gasteiger partial charge in [0.25, 0.3) is 0 Å². The van der Waals surface area contributed by atoms with Crippen molar-refractivity contribution in [2.75, 3.05) is 12.8 Å². The Bertz CT molecular complexity index is 601. The van der Waals surface area contributed by atoms with Crippen LogP contribution in [-0.4, -0.2) is 12.8 Å². The van der Waals surface area contributed by atoms with E-state index in [4.69, 9.17) is 0 Å². The minimum atomic E-state index is -0.144. The predicted molar refractivity (Wildman–Crippen MR) is 89.6 cm³/mol. The summed E-state index contributed by atoms with van der Waals surface area (Å²) in [5.41, 5.74) is 5.19. The smallest absolute Gasteiger partial charge is 0.136 e. The molecular formula is C18H22FNS. The highest BCUT2D eigenvalue weighted by molar-refractivity contribution is 7.99. The Kier molecular flexibility index (Phi) is 5.43. The van der Waals surface area contributed by atoms with Crippen molar-refractivity contribution >= 4 is 11.8 Å². The van der Waals surface area contributed by atoms with Crippen LogP contribution in [0.25, 0.3) is 0 Å². The molecule has 1 atom stereocenters. The fourth-order valence-electron chi connectivity index (χ4n) is 2.79. The third kappa shape index (κ3) is 3.86. The van der Waals surface area contributed by atoms with Gasteiger partial charge in [-0.15, -0.1) is 11.8 Å². The fraction of sp³-hybridized carbons (Fsp3) is 0.333. The first kappa shape index (κ1) is 16.1. The molecule has 0 saturated heterocycles. The maximum absolute atomic E-state index is 13.7. The summed E-state index contributed by atoms with van der Waals surface area (Å²) in [7, 11) is 1.96. The van der Waals surface area contributed by atoms with Crippen LogP contribution >= 0.6 is 11.8 Å². The second-order valence-electron chi connectivity index (χ2n) is 5.40. The van der Waals surface area contributed by atoms with Crippen molar-refractivity contribution in [1.82, 2.24) is 5.32 Å². The first-order chi connectivity index (χ1) is 10.0. The van der Waals surface area contributed by atoms with Crippen molar-refractivity contribution in [1.29, 1.82) is 0 Å². The summed E-state index contributed by atoms with van der Waals surface area (Å²) in [6.45, 7) is 6.41. The number of aryl methyl sites for hydroxylation is 3. The Morgan fingerprint density at radius 3 is 2.29 bits per heavy atom. The average molecular weight is 303 g/mol. The summed E-state index contributed by atoms with van der Waals surface area (Å²) < 4.78 is 13.7. The van der Waals surface area contributed by atoms with Gasteiger partial charge in [-0.2, -0.15) is 0 Å². The van der Waals surface area contributed by atoms with Crippen LogP contribution in [0.2, 0.25) is 0 Å². The molecule has 0 fully saturated rings. The van der Waals surface area contributed by atoms with Crippen LogP contribution in [0.3, 0.4) is 0 Å². The highest BCUT2D eigenvalue weighted by Crippen LogP contribution is 2.30. The number of benzene rings is 2. The molecule has 112 valence electrons. The molecule has 2 aromatic carbocycles. The number of hydrogen-bond donors (Lipinski definition) is 1. The molecule has 0 aromatic heterocycles. The van der Waals surface area contributed by atoms with Crippen molar-refractivity contribution in [3.05, 3.63) is 64.5 Å². The normalized spacial score (nSPS) is 12.4. The molecule has 0 aliphatic carbocycles. The van der Waals surface area contributed by atoms with Crippen LogP contribution in [-0.2, 0) is 0 Å². The molecule has 0 amide bonds. The number of thioether (sulfide) groups is 1. The topological polar surface area (TPSA) is 12.0 Å². The van der Waals surface area contributed by atoms with E-state index in [9.17, 15) is 4.39 Å². The third-order valence-corrected chi connectivity index (χ3v) is 4.82. The second kappa shape index (κ2) is 7.10. The number of hydrogen-bond acceptors (Lipinski definition) is 2. The van der Waals surface area contributed by atoms with Gasteiger partial charge in [-0.3, -0.25) is 0 Å². The van der Waals surface area contributed by atoms with Gasteiger partial charge in [0.05, 0.1) is 0 Å². The van der Waals surface area contributed by atoms with Gasteiger partial charge in [0.15, 0.2) is 0 Å². The molecule has 0 aliphatic heterocycles. The first-order valence-electron chi connectivity index (χ1n) is 7.15. The van der Waals surface area contributed by atoms with E-state index in [1.54, 1.807) is 17.8 Å². The van der Waals surface area contributed by atoms with Crippen molar-refractivity contribution in [2.45, 2.75) is 31.7 Å². The van der Waals surface area contributed by atoms with Gasteiger partial charge < -0.3 is 5.32 Å². The summed E-state index contributed by atoms with van der Waals surface area (Å²) in [5.74, 6) is 0.664. The van der Waals surface area contributed by atoms with E-state index in [1.807, 2.05) is 19.2 Å². The first-order valence-corrected chi connectivity index (χ1v) is 8.14. The molecule has 0 spiro atoms. The lowest BCUT2D eigenvalue weighted by Crippen LogP contribution is -2.21. The molecule has 2 rings (SSSR count). The average Bonchev–Trinajstić information content (AvgIpc) is 2.43. The molecule has 3 heteroatoms. The van der Waals surface area contributed by atoms with Crippen LogP contribution in [0, 0.1) is 26.6 Å². The van der Waals surface area contributed by atoms with Gasteiger partial charge >= 0.3 is 0 Å². The Balaban J connectivity index is 2.20. The Labute approximate surface area is 131 Å². The molecule has 0 saturated carbocycles. The SMILES string of the molecule is CNC(CSc1ccccc1F)c1c(C)cc(C)cc1C. The van der Waals surface area contributed by atoms with Gasteiger partial charge in [0.1, 0.15) is 5.82 Å². The Morgan fingerprint density at radius 1 is 1.10 bits per heavy atom. The fourth-order valence-corrected chi connectivity index (χ4v) is 3.85. The molecule has 2 aromatic rings. The van der Waals surface area contributed by atoms with Crippen molar-refractivity contribution < 1.29 is 4.39 Å². The molecule has 1 unspecified atom stereocenters. The van der Waals surface area contributed by atoms with Gasteiger partial charge in [0, 0.05) is 16.7 Å². The number of nitrogens with one attached hydrogen (secondary N) is 1. The molecule has 1 nitrogen and oxygen atoms in total. The van der Waals surface area contributed by atoms with Gasteiger partial charge in [-0.05, 0) is 56.6 Å². The zero-order valence-corrected chi connectivity index (χ0v) is 13.9. The van der Waals surface area contributed by atoms with Gasteiger partial charge in [0.2, 0.25) is 0 Å². The Morgan fingerprint density at radius 2 is 1.71 bits per heavy atom. The summed E-state index contributed by atoms with van der Waals surface area (Å²) in [6, 6.07) is 11.6. The summed E-state index contributed by atoms with van der Waals surface area (Å²) in [5, 5.41) is 3.37. The van der Waals surface area contributed by atoms with E-state index < -0.39 is 0 Å². The van der Waals surface area contributed by atoms with E-state index in [1.165, 1.54) is 28.3 Å². The van der Waals surface area contributed by atoms with Gasteiger partial charge in [-0.1, -0.05) is 29.8 Å². The number of rotatable bonds is 5. The minimum Gasteiger partial charge on any atom is -0.312 e. The van der Waals surface area contributed by atoms with E-state index >= 15 is 0 Å². The minimum absolute atomic E-state index is 0.144. The standard InChI is InChI=1S/C18H22FNS/c1-12-9-13(2)18(14(3)10-12)16(20-4)11-21-17-8-6-5-7-15(17)19/h5-10,16,20H,11H2,1-4H3. The predicted octanol–water partition coefficient (Wildman–Crippen LogP) is 4.80. The van der Waals surface area contributed by atoms with Crippen molar-refractivity contribution in [3.63, 3.8) is 0 Å². The molecule has 21 heavy (non-hydrogen) atoms. The van der Waals surface area contributed by atoms with Gasteiger partial charge in [-0.25, -0.2) is 4.39 Å². The molecule has 0 heterocycles. The maximum Gasteiger partial charge on any atom is 0.136 e. The Hall–Kier alpha value is -1.32. The van der Waals surface area contributed by atoms with Crippen LogP contribution in [0.5, 0.6) is 0 Å². The quantitative estimate of drug-likeness (QED) is 0.796. The molecular weight excluding hydrogens is 281 g/mol. The monoisotopic (exact) mass is 303 g/mol. The van der Waals surface area contributed by atoms with Crippen LogP contribution in [0.4, 0.5) is 4.39 Å². The van der Waals surface area contributed by atoms with E-state index in [0.717, 1.165) is 5.75 Å². The zero-order valence-electron chi connectivity index (χ0n) is 13.0. The zero-order chi connectivity index (χ0) is 15.4. The largest absolute Gasteiger partial charge is 0.312 e. The summed E-state index contributed by atoms with van der Waals surface area (Å²) in [4.78, 5) is 0.708.